The molecule has 0 radical (unpaired) electrons. The molecule has 11 heteroatoms. The molecular formula is C26H31N5O5S. The minimum absolute atomic E-state index is 0.127. The highest BCUT2D eigenvalue weighted by atomic mass is 32.2. The number of sulfonamides is 1. The molecule has 0 bridgehead atoms. The van der Waals surface area contributed by atoms with Crippen molar-refractivity contribution in [3.05, 3.63) is 52.8 Å². The number of nitrogens with zero attached hydrogens (tertiary/aromatic N) is 4. The van der Waals surface area contributed by atoms with Crippen LogP contribution in [-0.4, -0.2) is 74.7 Å². The second-order valence-electron chi connectivity index (χ2n) is 9.50. The lowest BCUT2D eigenvalue weighted by atomic mass is 10.0. The van der Waals surface area contributed by atoms with Gasteiger partial charge in [-0.25, -0.2) is 13.1 Å². The Morgan fingerprint density at radius 2 is 1.70 bits per heavy atom. The Kier molecular flexibility index (Phi) is 7.16. The number of carbonyl (C=O) groups is 1. The van der Waals surface area contributed by atoms with Gasteiger partial charge >= 0.3 is 0 Å². The van der Waals surface area contributed by atoms with Crippen molar-refractivity contribution < 1.29 is 17.9 Å². The molecule has 0 spiro atoms. The van der Waals surface area contributed by atoms with Crippen molar-refractivity contribution in [2.45, 2.75) is 25.8 Å². The van der Waals surface area contributed by atoms with Gasteiger partial charge in [0.25, 0.3) is 5.56 Å². The molecular weight excluding hydrogens is 494 g/mol. The molecule has 0 unspecified atom stereocenters. The van der Waals surface area contributed by atoms with Gasteiger partial charge in [-0.2, -0.15) is 5.10 Å². The second-order valence-corrected chi connectivity index (χ2v) is 11.3. The summed E-state index contributed by atoms with van der Waals surface area (Å²) in [6.07, 6.45) is 4.14. The van der Waals surface area contributed by atoms with Gasteiger partial charge in [0.15, 0.2) is 0 Å². The van der Waals surface area contributed by atoms with E-state index in [1.54, 1.807) is 23.1 Å². The van der Waals surface area contributed by atoms with Crippen LogP contribution in [0.25, 0.3) is 22.0 Å². The first kappa shape index (κ1) is 25.2. The summed E-state index contributed by atoms with van der Waals surface area (Å²) >= 11 is 0. The average Bonchev–Trinajstić information content (AvgIpc) is 2.90. The van der Waals surface area contributed by atoms with E-state index in [-0.39, 0.29) is 18.0 Å². The normalized spacial score (nSPS) is 16.7. The molecule has 10 nitrogen and oxygen atoms in total. The van der Waals surface area contributed by atoms with Crippen LogP contribution in [-0.2, 0) is 26.1 Å². The van der Waals surface area contributed by atoms with Crippen molar-refractivity contribution in [2.24, 2.45) is 0 Å². The van der Waals surface area contributed by atoms with Crippen LogP contribution >= 0.6 is 0 Å². The SMILES string of the molecule is CS(=O)(=O)Nc1cc(-c2nn(CC(=O)N3CCCCC3)c(=O)c3ccccc23)ccc1N1CCOCC1. The number of ether oxygens (including phenoxy) is 1. The van der Waals surface area contributed by atoms with E-state index in [1.807, 2.05) is 24.3 Å². The van der Waals surface area contributed by atoms with Crippen LogP contribution in [0.4, 0.5) is 11.4 Å². The van der Waals surface area contributed by atoms with E-state index >= 15 is 0 Å². The van der Waals surface area contributed by atoms with Crippen molar-refractivity contribution in [1.82, 2.24) is 14.7 Å². The molecule has 0 aliphatic carbocycles. The van der Waals surface area contributed by atoms with Gasteiger partial charge in [-0.1, -0.05) is 24.3 Å². The van der Waals surface area contributed by atoms with Crippen LogP contribution in [0.3, 0.4) is 0 Å². The Morgan fingerprint density at radius 1 is 1.00 bits per heavy atom. The number of hydrogen-bond acceptors (Lipinski definition) is 7. The molecule has 5 rings (SSSR count). The number of carbonyl (C=O) groups excluding carboxylic acids is 1. The maximum Gasteiger partial charge on any atom is 0.275 e. The lowest BCUT2D eigenvalue weighted by Crippen LogP contribution is -2.40. The number of anilines is 2. The van der Waals surface area contributed by atoms with E-state index in [0.29, 0.717) is 67.1 Å². The average molecular weight is 526 g/mol. The van der Waals surface area contributed by atoms with Crippen molar-refractivity contribution in [3.63, 3.8) is 0 Å². The van der Waals surface area contributed by atoms with E-state index < -0.39 is 10.0 Å². The summed E-state index contributed by atoms with van der Waals surface area (Å²) in [6, 6.07) is 12.6. The molecule has 0 atom stereocenters. The van der Waals surface area contributed by atoms with E-state index in [9.17, 15) is 18.0 Å². The third-order valence-electron chi connectivity index (χ3n) is 6.78. The number of rotatable bonds is 6. The minimum Gasteiger partial charge on any atom is -0.378 e. The third kappa shape index (κ3) is 5.62. The predicted molar refractivity (Wildman–Crippen MR) is 143 cm³/mol. The van der Waals surface area contributed by atoms with Crippen molar-refractivity contribution >= 4 is 38.1 Å². The topological polar surface area (TPSA) is 114 Å². The fraction of sp³-hybridized carbons (Fsp3) is 0.423. The van der Waals surface area contributed by atoms with Crippen LogP contribution in [0.15, 0.2) is 47.3 Å². The molecule has 2 aliphatic heterocycles. The predicted octanol–water partition coefficient (Wildman–Crippen LogP) is 2.28. The summed E-state index contributed by atoms with van der Waals surface area (Å²) in [5.41, 5.74) is 1.99. The Labute approximate surface area is 215 Å². The summed E-state index contributed by atoms with van der Waals surface area (Å²) in [6.45, 7) is 3.64. The maximum absolute atomic E-state index is 13.3. The number of hydrogen-bond donors (Lipinski definition) is 1. The number of fused-ring (bicyclic) bond motifs is 1. The molecule has 2 aromatic carbocycles. The quantitative estimate of drug-likeness (QED) is 0.525. The summed E-state index contributed by atoms with van der Waals surface area (Å²) in [4.78, 5) is 30.1. The standard InChI is InChI=1S/C26H31N5O5S/c1-37(34,35)28-22-17-19(9-10-23(22)29-13-15-36-16-14-29)25-20-7-3-4-8-21(20)26(33)31(27-25)18-24(32)30-11-5-2-6-12-30/h3-4,7-10,17,28H,2,5-6,11-16,18H2,1H3. The zero-order chi connectivity index (χ0) is 26.0. The van der Waals surface area contributed by atoms with Gasteiger partial charge in [-0.15, -0.1) is 0 Å². The lowest BCUT2D eigenvalue weighted by molar-refractivity contribution is -0.133. The zero-order valence-electron chi connectivity index (χ0n) is 20.9. The molecule has 0 saturated carbocycles. The fourth-order valence-electron chi connectivity index (χ4n) is 4.97. The van der Waals surface area contributed by atoms with Gasteiger partial charge in [0.2, 0.25) is 15.9 Å². The summed E-state index contributed by atoms with van der Waals surface area (Å²) in [5, 5.41) is 5.72. The summed E-state index contributed by atoms with van der Waals surface area (Å²) < 4.78 is 33.7. The van der Waals surface area contributed by atoms with E-state index in [1.165, 1.54) is 4.68 Å². The highest BCUT2D eigenvalue weighted by Crippen LogP contribution is 2.34. The highest BCUT2D eigenvalue weighted by molar-refractivity contribution is 7.92. The van der Waals surface area contributed by atoms with Crippen LogP contribution in [0.1, 0.15) is 19.3 Å². The Balaban J connectivity index is 1.60. The van der Waals surface area contributed by atoms with Crippen LogP contribution < -0.4 is 15.2 Å². The number of aromatic nitrogens is 2. The number of benzene rings is 2. The van der Waals surface area contributed by atoms with Gasteiger partial charge in [0.1, 0.15) is 6.54 Å². The molecule has 2 fully saturated rings. The third-order valence-corrected chi connectivity index (χ3v) is 7.37. The molecule has 1 aromatic heterocycles. The lowest BCUT2D eigenvalue weighted by Gasteiger charge is -2.30. The van der Waals surface area contributed by atoms with Gasteiger partial charge in [0, 0.05) is 37.1 Å². The largest absolute Gasteiger partial charge is 0.378 e. The summed E-state index contributed by atoms with van der Waals surface area (Å²) in [5.74, 6) is -0.127. The number of nitrogens with one attached hydrogen (secondary N) is 1. The van der Waals surface area contributed by atoms with Crippen molar-refractivity contribution in [3.8, 4) is 11.3 Å². The smallest absolute Gasteiger partial charge is 0.275 e. The molecule has 2 saturated heterocycles. The van der Waals surface area contributed by atoms with Crippen LogP contribution in [0.5, 0.6) is 0 Å². The monoisotopic (exact) mass is 525 g/mol. The van der Waals surface area contributed by atoms with E-state index in [4.69, 9.17) is 4.74 Å². The maximum atomic E-state index is 13.3. The molecule has 2 aliphatic rings. The molecule has 3 aromatic rings. The minimum atomic E-state index is -3.56. The highest BCUT2D eigenvalue weighted by Gasteiger charge is 2.22. The Hall–Kier alpha value is -3.44. The fourth-order valence-corrected chi connectivity index (χ4v) is 5.53. The molecule has 196 valence electrons. The van der Waals surface area contributed by atoms with Crippen LogP contribution in [0, 0.1) is 0 Å². The van der Waals surface area contributed by atoms with E-state index in [0.717, 1.165) is 31.2 Å². The Morgan fingerprint density at radius 3 is 2.41 bits per heavy atom. The molecule has 37 heavy (non-hydrogen) atoms. The number of piperidine rings is 1. The Bertz CT molecular complexity index is 1470. The molecule has 1 N–H and O–H groups in total. The zero-order valence-corrected chi connectivity index (χ0v) is 21.7. The number of amides is 1. The van der Waals surface area contributed by atoms with Gasteiger partial charge < -0.3 is 14.5 Å². The van der Waals surface area contributed by atoms with Crippen molar-refractivity contribution in [2.75, 3.05) is 55.3 Å². The van der Waals surface area contributed by atoms with Crippen molar-refractivity contribution in [1.29, 1.82) is 0 Å². The first-order valence-electron chi connectivity index (χ1n) is 12.5. The number of likely N-dealkylation sites (tertiary alicyclic amines) is 1. The molecule has 1 amide bonds. The van der Waals surface area contributed by atoms with Crippen LogP contribution in [0.2, 0.25) is 0 Å². The van der Waals surface area contributed by atoms with Gasteiger partial charge in [0.05, 0.1) is 41.9 Å². The first-order chi connectivity index (χ1) is 17.8. The summed E-state index contributed by atoms with van der Waals surface area (Å²) in [7, 11) is -3.56. The van der Waals surface area contributed by atoms with Gasteiger partial charge in [-0.05, 0) is 37.5 Å². The molecule has 3 heterocycles. The number of morpholine rings is 1. The van der Waals surface area contributed by atoms with E-state index in [2.05, 4.69) is 14.7 Å². The first-order valence-corrected chi connectivity index (χ1v) is 14.4. The van der Waals surface area contributed by atoms with Gasteiger partial charge in [-0.3, -0.25) is 14.3 Å². The second kappa shape index (κ2) is 10.5.